The normalized spacial score (nSPS) is 12.4. The van der Waals surface area contributed by atoms with Gasteiger partial charge >= 0.3 is 0 Å². The molecule has 0 saturated carbocycles. The highest BCUT2D eigenvalue weighted by Gasteiger charge is 2.05. The molecule has 0 unspecified atom stereocenters. The molecule has 90 valence electrons. The van der Waals surface area contributed by atoms with Crippen LogP contribution in [0.15, 0.2) is 22.6 Å². The van der Waals surface area contributed by atoms with Crippen molar-refractivity contribution >= 4 is 16.2 Å². The van der Waals surface area contributed by atoms with Crippen molar-refractivity contribution in [3.63, 3.8) is 0 Å². The van der Waals surface area contributed by atoms with E-state index in [1.165, 1.54) is 0 Å². The summed E-state index contributed by atoms with van der Waals surface area (Å²) in [5, 5.41) is 0. The Morgan fingerprint density at radius 1 is 1.44 bits per heavy atom. The lowest BCUT2D eigenvalue weighted by Crippen LogP contribution is -2.01. The zero-order valence-electron chi connectivity index (χ0n) is 9.47. The van der Waals surface area contributed by atoms with Crippen LogP contribution in [-0.4, -0.2) is 14.7 Å². The van der Waals surface area contributed by atoms with E-state index in [4.69, 9.17) is 4.42 Å². The minimum atomic E-state index is -3.41. The van der Waals surface area contributed by atoms with Crippen LogP contribution in [0.4, 0.5) is 0 Å². The second-order valence-corrected chi connectivity index (χ2v) is 5.11. The van der Waals surface area contributed by atoms with Crippen LogP contribution in [0.2, 0.25) is 0 Å². The summed E-state index contributed by atoms with van der Waals surface area (Å²) in [6.07, 6.45) is 6.97. The highest BCUT2D eigenvalue weighted by atomic mass is 32.2. The second kappa shape index (κ2) is 5.86. The molecule has 0 N–H and O–H groups in total. The van der Waals surface area contributed by atoms with Crippen LogP contribution >= 0.6 is 0 Å². The third kappa shape index (κ3) is 5.14. The van der Waals surface area contributed by atoms with Crippen LogP contribution in [0, 0.1) is 0 Å². The Balaban J connectivity index is 2.52. The maximum absolute atomic E-state index is 10.7. The molecule has 0 atom stereocenters. The van der Waals surface area contributed by atoms with Crippen LogP contribution in [-0.2, 0) is 20.9 Å². The summed E-state index contributed by atoms with van der Waals surface area (Å²) in [5.41, 5.74) is 0. The Morgan fingerprint density at radius 3 is 2.81 bits per heavy atom. The quantitative estimate of drug-likeness (QED) is 0.722. The van der Waals surface area contributed by atoms with Gasteiger partial charge in [0.25, 0.3) is 10.1 Å². The Morgan fingerprint density at radius 2 is 2.19 bits per heavy atom. The third-order valence-corrected chi connectivity index (χ3v) is 2.38. The lowest BCUT2D eigenvalue weighted by atomic mass is 10.3. The van der Waals surface area contributed by atoms with E-state index in [-0.39, 0.29) is 6.61 Å². The predicted octanol–water partition coefficient (Wildman–Crippen LogP) is 2.57. The average molecular weight is 244 g/mol. The van der Waals surface area contributed by atoms with E-state index in [0.717, 1.165) is 19.1 Å². The summed E-state index contributed by atoms with van der Waals surface area (Å²) in [6, 6.07) is 3.49. The van der Waals surface area contributed by atoms with Crippen molar-refractivity contribution in [1.82, 2.24) is 0 Å². The van der Waals surface area contributed by atoms with Crippen molar-refractivity contribution in [2.75, 3.05) is 6.26 Å². The predicted molar refractivity (Wildman–Crippen MR) is 62.3 cm³/mol. The summed E-state index contributed by atoms with van der Waals surface area (Å²) in [5.74, 6) is 1.21. The fourth-order valence-electron chi connectivity index (χ4n) is 1.09. The summed E-state index contributed by atoms with van der Waals surface area (Å²) in [4.78, 5) is 0. The summed E-state index contributed by atoms with van der Waals surface area (Å²) in [7, 11) is -3.41. The van der Waals surface area contributed by atoms with Crippen molar-refractivity contribution < 1.29 is 17.0 Å². The fraction of sp³-hybridized carbons (Fsp3) is 0.455. The smallest absolute Gasteiger partial charge is 0.264 e. The number of hydrogen-bond donors (Lipinski definition) is 0. The van der Waals surface area contributed by atoms with Crippen molar-refractivity contribution in [2.45, 2.75) is 26.4 Å². The summed E-state index contributed by atoms with van der Waals surface area (Å²) >= 11 is 0. The first-order valence-electron chi connectivity index (χ1n) is 5.11. The SMILES string of the molecule is CCC/C=C\c1ccc(COS(C)(=O)=O)o1. The number of rotatable bonds is 6. The van der Waals surface area contributed by atoms with Gasteiger partial charge in [0.1, 0.15) is 18.1 Å². The Bertz CT molecular complexity index is 442. The van der Waals surface area contributed by atoms with Crippen LogP contribution < -0.4 is 0 Å². The van der Waals surface area contributed by atoms with Gasteiger partial charge < -0.3 is 4.42 Å². The van der Waals surface area contributed by atoms with E-state index < -0.39 is 10.1 Å². The molecule has 5 heteroatoms. The monoisotopic (exact) mass is 244 g/mol. The first-order valence-corrected chi connectivity index (χ1v) is 6.92. The molecule has 4 nitrogen and oxygen atoms in total. The molecule has 0 aromatic carbocycles. The van der Waals surface area contributed by atoms with Gasteiger partial charge in [0.15, 0.2) is 0 Å². The molecular weight excluding hydrogens is 228 g/mol. The molecule has 1 aromatic heterocycles. The highest BCUT2D eigenvalue weighted by molar-refractivity contribution is 7.85. The zero-order chi connectivity index (χ0) is 12.0. The number of hydrogen-bond acceptors (Lipinski definition) is 4. The molecular formula is C11H16O4S. The summed E-state index contributed by atoms with van der Waals surface area (Å²) in [6.45, 7) is 2.04. The highest BCUT2D eigenvalue weighted by Crippen LogP contribution is 2.12. The Hall–Kier alpha value is -1.07. The topological polar surface area (TPSA) is 56.5 Å². The molecule has 0 radical (unpaired) electrons. The Labute approximate surface area is 96.0 Å². The van der Waals surface area contributed by atoms with E-state index in [1.54, 1.807) is 12.1 Å². The maximum Gasteiger partial charge on any atom is 0.264 e. The number of unbranched alkanes of at least 4 members (excludes halogenated alkanes) is 1. The average Bonchev–Trinajstić information content (AvgIpc) is 2.62. The molecule has 16 heavy (non-hydrogen) atoms. The lowest BCUT2D eigenvalue weighted by molar-refractivity contribution is 0.276. The minimum Gasteiger partial charge on any atom is -0.459 e. The third-order valence-electron chi connectivity index (χ3n) is 1.84. The Kier molecular flexibility index (Phi) is 4.76. The molecule has 0 bridgehead atoms. The van der Waals surface area contributed by atoms with Gasteiger partial charge in [-0.25, -0.2) is 0 Å². The van der Waals surface area contributed by atoms with E-state index in [0.29, 0.717) is 11.5 Å². The standard InChI is InChI=1S/C11H16O4S/c1-3-4-5-6-10-7-8-11(15-10)9-14-16(2,12)13/h5-8H,3-4,9H2,1-2H3/b6-5-. The first-order chi connectivity index (χ1) is 7.51. The molecule has 0 spiro atoms. The molecule has 0 saturated heterocycles. The zero-order valence-corrected chi connectivity index (χ0v) is 10.3. The van der Waals surface area contributed by atoms with Crippen molar-refractivity contribution in [3.05, 3.63) is 29.7 Å². The van der Waals surface area contributed by atoms with Gasteiger partial charge in [-0.2, -0.15) is 8.42 Å². The van der Waals surface area contributed by atoms with Crippen LogP contribution in [0.3, 0.4) is 0 Å². The van der Waals surface area contributed by atoms with Crippen LogP contribution in [0.1, 0.15) is 31.3 Å². The molecule has 0 aliphatic rings. The first kappa shape index (κ1) is 13.0. The molecule has 0 fully saturated rings. The van der Waals surface area contributed by atoms with Crippen LogP contribution in [0.5, 0.6) is 0 Å². The van der Waals surface area contributed by atoms with E-state index in [9.17, 15) is 8.42 Å². The van der Waals surface area contributed by atoms with Gasteiger partial charge in [-0.1, -0.05) is 19.4 Å². The van der Waals surface area contributed by atoms with Crippen molar-refractivity contribution in [2.24, 2.45) is 0 Å². The summed E-state index contributed by atoms with van der Waals surface area (Å²) < 4.78 is 31.4. The molecule has 1 heterocycles. The van der Waals surface area contributed by atoms with E-state index >= 15 is 0 Å². The van der Waals surface area contributed by atoms with Gasteiger partial charge in [-0.05, 0) is 24.6 Å². The largest absolute Gasteiger partial charge is 0.459 e. The number of furan rings is 1. The van der Waals surface area contributed by atoms with Crippen molar-refractivity contribution in [1.29, 1.82) is 0 Å². The second-order valence-electron chi connectivity index (χ2n) is 3.46. The van der Waals surface area contributed by atoms with Crippen molar-refractivity contribution in [3.8, 4) is 0 Å². The van der Waals surface area contributed by atoms with Gasteiger partial charge in [-0.3, -0.25) is 4.18 Å². The van der Waals surface area contributed by atoms with Gasteiger partial charge in [0.2, 0.25) is 0 Å². The molecule has 1 rings (SSSR count). The minimum absolute atomic E-state index is 0.0551. The lowest BCUT2D eigenvalue weighted by Gasteiger charge is -1.96. The van der Waals surface area contributed by atoms with Gasteiger partial charge in [0, 0.05) is 0 Å². The maximum atomic E-state index is 10.7. The van der Waals surface area contributed by atoms with E-state index in [2.05, 4.69) is 11.1 Å². The number of allylic oxidation sites excluding steroid dienone is 1. The van der Waals surface area contributed by atoms with Gasteiger partial charge in [-0.15, -0.1) is 0 Å². The fourth-order valence-corrected chi connectivity index (χ4v) is 1.42. The molecule has 0 aliphatic heterocycles. The van der Waals surface area contributed by atoms with E-state index in [1.807, 2.05) is 12.2 Å². The van der Waals surface area contributed by atoms with Crippen LogP contribution in [0.25, 0.3) is 6.08 Å². The molecule has 1 aromatic rings. The molecule has 0 amide bonds. The van der Waals surface area contributed by atoms with Gasteiger partial charge in [0.05, 0.1) is 6.26 Å². The molecule has 0 aliphatic carbocycles.